The van der Waals surface area contributed by atoms with Crippen molar-refractivity contribution < 1.29 is 4.74 Å². The van der Waals surface area contributed by atoms with Crippen molar-refractivity contribution in [1.29, 1.82) is 0 Å². The van der Waals surface area contributed by atoms with Crippen molar-refractivity contribution in [2.45, 2.75) is 26.5 Å². The first-order chi connectivity index (χ1) is 8.17. The number of methoxy groups -OCH3 is 1. The molecule has 0 amide bonds. The summed E-state index contributed by atoms with van der Waals surface area (Å²) in [5.74, 6) is 0.915. The average molecular weight is 302 g/mol. The Bertz CT molecular complexity index is 347. The molecule has 0 aromatic carbocycles. The molecule has 5 heteroatoms. The number of hydrogen-bond acceptors (Lipinski definition) is 4. The van der Waals surface area contributed by atoms with Gasteiger partial charge in [0.25, 0.3) is 0 Å². The lowest BCUT2D eigenvalue weighted by Crippen LogP contribution is -2.21. The Balaban J connectivity index is 2.68. The highest BCUT2D eigenvalue weighted by atomic mass is 79.9. The summed E-state index contributed by atoms with van der Waals surface area (Å²) in [7, 11) is 1.71. The van der Waals surface area contributed by atoms with Crippen molar-refractivity contribution in [2.24, 2.45) is 0 Å². The minimum absolute atomic E-state index is 0.174. The first-order valence-electron chi connectivity index (χ1n) is 5.79. The fraction of sp³-hybridized carbons (Fsp3) is 0.583. The molecular weight excluding hydrogens is 282 g/mol. The zero-order chi connectivity index (χ0) is 12.7. The van der Waals surface area contributed by atoms with Gasteiger partial charge in [0.15, 0.2) is 0 Å². The number of rotatable bonds is 7. The third-order valence-electron chi connectivity index (χ3n) is 2.46. The first kappa shape index (κ1) is 14.4. The second-order valence-corrected chi connectivity index (χ2v) is 4.78. The third kappa shape index (κ3) is 5.02. The summed E-state index contributed by atoms with van der Waals surface area (Å²) in [6.07, 6.45) is 1.97. The molecule has 0 saturated heterocycles. The molecule has 0 radical (unpaired) electrons. The molecule has 1 atom stereocenters. The molecule has 0 aliphatic rings. The molecule has 2 N–H and O–H groups in total. The van der Waals surface area contributed by atoms with E-state index in [4.69, 9.17) is 4.74 Å². The molecule has 0 bridgehead atoms. The number of aromatic nitrogens is 1. The molecule has 0 aliphatic carbocycles. The standard InChI is InChI=1S/C12H20BrN3O/c1-4-14-7-10-5-11(13)8-16-12(10)15-6-9(2)17-3/h5,8-9,14H,4,6-7H2,1-3H3,(H,15,16). The maximum atomic E-state index is 5.20. The molecule has 0 fully saturated rings. The van der Waals surface area contributed by atoms with Crippen LogP contribution in [0.4, 0.5) is 5.82 Å². The largest absolute Gasteiger partial charge is 0.380 e. The summed E-state index contributed by atoms with van der Waals surface area (Å²) < 4.78 is 6.20. The lowest BCUT2D eigenvalue weighted by Gasteiger charge is -2.14. The molecule has 0 spiro atoms. The summed E-state index contributed by atoms with van der Waals surface area (Å²) in [6, 6.07) is 2.08. The quantitative estimate of drug-likeness (QED) is 0.812. The summed E-state index contributed by atoms with van der Waals surface area (Å²) in [5.41, 5.74) is 1.16. The molecule has 0 saturated carbocycles. The molecule has 1 rings (SSSR count). The number of pyridine rings is 1. The van der Waals surface area contributed by atoms with Gasteiger partial charge in [-0.15, -0.1) is 0 Å². The van der Waals surface area contributed by atoms with Crippen LogP contribution in [0.25, 0.3) is 0 Å². The lowest BCUT2D eigenvalue weighted by atomic mass is 10.2. The summed E-state index contributed by atoms with van der Waals surface area (Å²) in [5, 5.41) is 6.60. The highest BCUT2D eigenvalue weighted by molar-refractivity contribution is 9.10. The van der Waals surface area contributed by atoms with E-state index >= 15 is 0 Å². The maximum Gasteiger partial charge on any atom is 0.130 e. The Labute approximate surface area is 111 Å². The van der Waals surface area contributed by atoms with Crippen LogP contribution in [0.5, 0.6) is 0 Å². The number of nitrogens with zero attached hydrogens (tertiary/aromatic N) is 1. The Morgan fingerprint density at radius 3 is 2.94 bits per heavy atom. The molecule has 17 heavy (non-hydrogen) atoms. The van der Waals surface area contributed by atoms with Gasteiger partial charge in [0, 0.05) is 36.4 Å². The van der Waals surface area contributed by atoms with E-state index < -0.39 is 0 Å². The van der Waals surface area contributed by atoms with E-state index in [1.165, 1.54) is 0 Å². The average Bonchev–Trinajstić information content (AvgIpc) is 2.34. The van der Waals surface area contributed by atoms with Crippen LogP contribution in [0.2, 0.25) is 0 Å². The predicted octanol–water partition coefficient (Wildman–Crippen LogP) is 2.40. The Morgan fingerprint density at radius 2 is 2.29 bits per heavy atom. The van der Waals surface area contributed by atoms with Crippen LogP contribution in [-0.4, -0.2) is 31.3 Å². The van der Waals surface area contributed by atoms with E-state index in [0.717, 1.165) is 35.5 Å². The zero-order valence-corrected chi connectivity index (χ0v) is 12.2. The number of ether oxygens (including phenoxy) is 1. The van der Waals surface area contributed by atoms with E-state index in [2.05, 4.69) is 44.5 Å². The fourth-order valence-electron chi connectivity index (χ4n) is 1.36. The molecule has 96 valence electrons. The summed E-state index contributed by atoms with van der Waals surface area (Å²) >= 11 is 3.44. The minimum atomic E-state index is 0.174. The van der Waals surface area contributed by atoms with Gasteiger partial charge in [0.1, 0.15) is 5.82 Å². The fourth-order valence-corrected chi connectivity index (χ4v) is 1.74. The number of nitrogens with one attached hydrogen (secondary N) is 2. The molecule has 1 unspecified atom stereocenters. The maximum absolute atomic E-state index is 5.20. The second-order valence-electron chi connectivity index (χ2n) is 3.87. The van der Waals surface area contributed by atoms with Crippen molar-refractivity contribution in [3.63, 3.8) is 0 Å². The predicted molar refractivity (Wildman–Crippen MR) is 74.3 cm³/mol. The van der Waals surface area contributed by atoms with Crippen molar-refractivity contribution in [3.05, 3.63) is 22.3 Å². The first-order valence-corrected chi connectivity index (χ1v) is 6.58. The molecule has 1 aromatic rings. The summed E-state index contributed by atoms with van der Waals surface area (Å²) in [4.78, 5) is 4.38. The van der Waals surface area contributed by atoms with Crippen molar-refractivity contribution in [1.82, 2.24) is 10.3 Å². The minimum Gasteiger partial charge on any atom is -0.380 e. The van der Waals surface area contributed by atoms with E-state index in [1.807, 2.05) is 6.92 Å². The van der Waals surface area contributed by atoms with Crippen LogP contribution in [-0.2, 0) is 11.3 Å². The molecule has 1 heterocycles. The van der Waals surface area contributed by atoms with Gasteiger partial charge in [0.2, 0.25) is 0 Å². The zero-order valence-electron chi connectivity index (χ0n) is 10.6. The lowest BCUT2D eigenvalue weighted by molar-refractivity contribution is 0.128. The van der Waals surface area contributed by atoms with Crippen LogP contribution >= 0.6 is 15.9 Å². The Kier molecular flexibility index (Phi) is 6.47. The van der Waals surface area contributed by atoms with E-state index in [1.54, 1.807) is 13.3 Å². The highest BCUT2D eigenvalue weighted by Gasteiger charge is 2.06. The van der Waals surface area contributed by atoms with Crippen molar-refractivity contribution >= 4 is 21.7 Å². The van der Waals surface area contributed by atoms with Crippen LogP contribution in [0, 0.1) is 0 Å². The topological polar surface area (TPSA) is 46.2 Å². The number of hydrogen-bond donors (Lipinski definition) is 2. The second kappa shape index (κ2) is 7.63. The van der Waals surface area contributed by atoms with Crippen LogP contribution in [0.3, 0.4) is 0 Å². The van der Waals surface area contributed by atoms with Gasteiger partial charge >= 0.3 is 0 Å². The van der Waals surface area contributed by atoms with E-state index in [-0.39, 0.29) is 6.10 Å². The van der Waals surface area contributed by atoms with E-state index in [0.29, 0.717) is 0 Å². The van der Waals surface area contributed by atoms with Gasteiger partial charge in [-0.3, -0.25) is 0 Å². The Morgan fingerprint density at radius 1 is 1.53 bits per heavy atom. The van der Waals surface area contributed by atoms with Gasteiger partial charge in [0.05, 0.1) is 6.10 Å². The number of anilines is 1. The van der Waals surface area contributed by atoms with Gasteiger partial charge in [-0.25, -0.2) is 4.98 Å². The molecular formula is C12H20BrN3O. The monoisotopic (exact) mass is 301 g/mol. The van der Waals surface area contributed by atoms with Gasteiger partial charge in [-0.1, -0.05) is 6.92 Å². The molecule has 4 nitrogen and oxygen atoms in total. The molecule has 0 aliphatic heterocycles. The highest BCUT2D eigenvalue weighted by Crippen LogP contribution is 2.18. The van der Waals surface area contributed by atoms with Crippen LogP contribution in [0.1, 0.15) is 19.4 Å². The smallest absolute Gasteiger partial charge is 0.130 e. The van der Waals surface area contributed by atoms with Crippen LogP contribution in [0.15, 0.2) is 16.7 Å². The van der Waals surface area contributed by atoms with Crippen molar-refractivity contribution in [2.75, 3.05) is 25.5 Å². The third-order valence-corrected chi connectivity index (χ3v) is 2.89. The van der Waals surface area contributed by atoms with E-state index in [9.17, 15) is 0 Å². The van der Waals surface area contributed by atoms with Gasteiger partial charge in [-0.2, -0.15) is 0 Å². The van der Waals surface area contributed by atoms with Crippen LogP contribution < -0.4 is 10.6 Å². The Hall–Kier alpha value is -0.650. The van der Waals surface area contributed by atoms with Gasteiger partial charge in [-0.05, 0) is 35.5 Å². The van der Waals surface area contributed by atoms with Crippen molar-refractivity contribution in [3.8, 4) is 0 Å². The molecule has 1 aromatic heterocycles. The normalized spacial score (nSPS) is 12.5. The summed E-state index contributed by atoms with van der Waals surface area (Å²) in [6.45, 7) is 6.62. The SMILES string of the molecule is CCNCc1cc(Br)cnc1NCC(C)OC. The number of halogens is 1. The van der Waals surface area contributed by atoms with Gasteiger partial charge < -0.3 is 15.4 Å².